The van der Waals surface area contributed by atoms with Gasteiger partial charge in [-0.1, -0.05) is 0 Å². The van der Waals surface area contributed by atoms with E-state index in [4.69, 9.17) is 5.26 Å². The van der Waals surface area contributed by atoms with Gasteiger partial charge in [0.15, 0.2) is 0 Å². The summed E-state index contributed by atoms with van der Waals surface area (Å²) in [4.78, 5) is 19.1. The van der Waals surface area contributed by atoms with Crippen LogP contribution in [0.25, 0.3) is 0 Å². The van der Waals surface area contributed by atoms with Crippen molar-refractivity contribution in [1.29, 1.82) is 5.26 Å². The predicted molar refractivity (Wildman–Crippen MR) is 110 cm³/mol. The van der Waals surface area contributed by atoms with Crippen LogP contribution in [0.4, 0.5) is 11.5 Å². The monoisotopic (exact) mass is 413 g/mol. The molecular weight excluding hydrogens is 390 g/mol. The minimum atomic E-state index is -3.70. The first-order chi connectivity index (χ1) is 14.0. The Bertz CT molecular complexity index is 976. The summed E-state index contributed by atoms with van der Waals surface area (Å²) in [5, 5.41) is 11.3. The normalized spacial score (nSPS) is 14.2. The van der Waals surface area contributed by atoms with Crippen molar-refractivity contribution in [2.75, 3.05) is 29.9 Å². The van der Waals surface area contributed by atoms with Crippen LogP contribution in [-0.2, 0) is 10.0 Å². The number of aromatic nitrogens is 1. The summed E-state index contributed by atoms with van der Waals surface area (Å²) in [5.41, 5.74) is 0.909. The number of piperidine rings is 1. The predicted octanol–water partition coefficient (Wildman–Crippen LogP) is 2.52. The van der Waals surface area contributed by atoms with E-state index < -0.39 is 10.0 Å². The van der Waals surface area contributed by atoms with Gasteiger partial charge in [0.1, 0.15) is 5.82 Å². The van der Waals surface area contributed by atoms with Gasteiger partial charge in [-0.05, 0) is 55.7 Å². The van der Waals surface area contributed by atoms with Crippen molar-refractivity contribution in [1.82, 2.24) is 9.71 Å². The molecule has 1 aromatic carbocycles. The number of amides is 1. The van der Waals surface area contributed by atoms with E-state index in [0.29, 0.717) is 11.3 Å². The molecule has 0 bridgehead atoms. The molecule has 9 heteroatoms. The molecule has 1 aromatic heterocycles. The number of carbonyl (C=O) groups is 1. The van der Waals surface area contributed by atoms with E-state index in [1.165, 1.54) is 43.5 Å². The van der Waals surface area contributed by atoms with E-state index in [1.54, 1.807) is 6.20 Å². The highest BCUT2D eigenvalue weighted by atomic mass is 32.2. The number of hydrogen-bond donors (Lipinski definition) is 2. The first-order valence-electron chi connectivity index (χ1n) is 9.49. The zero-order valence-corrected chi connectivity index (χ0v) is 16.8. The lowest BCUT2D eigenvalue weighted by molar-refractivity contribution is 0.102. The molecule has 1 saturated heterocycles. The van der Waals surface area contributed by atoms with Crippen LogP contribution in [0, 0.1) is 11.3 Å². The minimum absolute atomic E-state index is 0.0412. The second-order valence-corrected chi connectivity index (χ2v) is 8.50. The highest BCUT2D eigenvalue weighted by Crippen LogP contribution is 2.19. The zero-order chi connectivity index (χ0) is 20.7. The van der Waals surface area contributed by atoms with Gasteiger partial charge in [0.05, 0.1) is 22.8 Å². The number of anilines is 2. The van der Waals surface area contributed by atoms with Gasteiger partial charge in [-0.15, -0.1) is 0 Å². The molecule has 2 aromatic rings. The summed E-state index contributed by atoms with van der Waals surface area (Å²) >= 11 is 0. The summed E-state index contributed by atoms with van der Waals surface area (Å²) in [7, 11) is -3.70. The van der Waals surface area contributed by atoms with Gasteiger partial charge < -0.3 is 10.2 Å². The summed E-state index contributed by atoms with van der Waals surface area (Å²) < 4.78 is 26.6. The van der Waals surface area contributed by atoms with E-state index in [1.807, 2.05) is 18.2 Å². The fourth-order valence-electron chi connectivity index (χ4n) is 3.08. The number of nitriles is 1. The lowest BCUT2D eigenvalue weighted by Gasteiger charge is -2.27. The molecule has 1 aliphatic rings. The topological polar surface area (TPSA) is 115 Å². The van der Waals surface area contributed by atoms with Gasteiger partial charge >= 0.3 is 0 Å². The Morgan fingerprint density at radius 2 is 1.83 bits per heavy atom. The highest BCUT2D eigenvalue weighted by Gasteiger charge is 2.15. The van der Waals surface area contributed by atoms with Crippen LogP contribution < -0.4 is 14.9 Å². The van der Waals surface area contributed by atoms with Crippen molar-refractivity contribution in [3.05, 3.63) is 48.2 Å². The van der Waals surface area contributed by atoms with E-state index in [0.717, 1.165) is 18.9 Å². The fourth-order valence-corrected chi connectivity index (χ4v) is 4.12. The molecule has 3 rings (SSSR count). The van der Waals surface area contributed by atoms with Crippen LogP contribution >= 0.6 is 0 Å². The SMILES string of the molecule is N#CCCNS(=O)(=O)c1ccc(C(=O)Nc2ccc(N3CCCCC3)nc2)cc1. The zero-order valence-electron chi connectivity index (χ0n) is 16.0. The second-order valence-electron chi connectivity index (χ2n) is 6.74. The third-order valence-corrected chi connectivity index (χ3v) is 6.12. The fraction of sp³-hybridized carbons (Fsp3) is 0.350. The molecule has 2 heterocycles. The van der Waals surface area contributed by atoms with Crippen LogP contribution in [0.2, 0.25) is 0 Å². The van der Waals surface area contributed by atoms with E-state index >= 15 is 0 Å². The first-order valence-corrected chi connectivity index (χ1v) is 11.0. The summed E-state index contributed by atoms with van der Waals surface area (Å²) in [6.45, 7) is 2.04. The average Bonchev–Trinajstić information content (AvgIpc) is 2.75. The van der Waals surface area contributed by atoms with Gasteiger partial charge in [0, 0.05) is 31.6 Å². The Morgan fingerprint density at radius 3 is 2.45 bits per heavy atom. The first kappa shape index (κ1) is 20.8. The van der Waals surface area contributed by atoms with Gasteiger partial charge in [-0.25, -0.2) is 18.1 Å². The number of carbonyl (C=O) groups excluding carboxylic acids is 1. The Balaban J connectivity index is 1.61. The number of sulfonamides is 1. The van der Waals surface area contributed by atoms with E-state index in [-0.39, 0.29) is 23.8 Å². The Kier molecular flexibility index (Phi) is 6.80. The maximum absolute atomic E-state index is 12.4. The molecule has 29 heavy (non-hydrogen) atoms. The van der Waals surface area contributed by atoms with Crippen molar-refractivity contribution in [2.45, 2.75) is 30.6 Å². The van der Waals surface area contributed by atoms with Crippen LogP contribution in [0.15, 0.2) is 47.5 Å². The van der Waals surface area contributed by atoms with Crippen LogP contribution in [0.5, 0.6) is 0 Å². The molecular formula is C20H23N5O3S. The molecule has 0 spiro atoms. The van der Waals surface area contributed by atoms with Crippen LogP contribution in [0.1, 0.15) is 36.0 Å². The molecule has 2 N–H and O–H groups in total. The molecule has 0 atom stereocenters. The second kappa shape index (κ2) is 9.49. The largest absolute Gasteiger partial charge is 0.357 e. The number of rotatable bonds is 7. The van der Waals surface area contributed by atoms with Crippen LogP contribution in [0.3, 0.4) is 0 Å². The molecule has 0 saturated carbocycles. The summed E-state index contributed by atoms with van der Waals surface area (Å²) in [6.07, 6.45) is 5.30. The molecule has 0 unspecified atom stereocenters. The van der Waals surface area contributed by atoms with E-state index in [2.05, 4.69) is 19.9 Å². The Hall–Kier alpha value is -2.96. The van der Waals surface area contributed by atoms with Crippen LogP contribution in [-0.4, -0.2) is 38.9 Å². The minimum Gasteiger partial charge on any atom is -0.357 e. The smallest absolute Gasteiger partial charge is 0.255 e. The number of hydrogen-bond acceptors (Lipinski definition) is 6. The number of pyridine rings is 1. The molecule has 1 amide bonds. The van der Waals surface area contributed by atoms with Gasteiger partial charge in [0.2, 0.25) is 10.0 Å². The van der Waals surface area contributed by atoms with Gasteiger partial charge in [-0.2, -0.15) is 5.26 Å². The van der Waals surface area contributed by atoms with Crippen molar-refractivity contribution >= 4 is 27.4 Å². The van der Waals surface area contributed by atoms with Gasteiger partial charge in [0.25, 0.3) is 5.91 Å². The Morgan fingerprint density at radius 1 is 1.10 bits per heavy atom. The molecule has 0 radical (unpaired) electrons. The lowest BCUT2D eigenvalue weighted by atomic mass is 10.1. The molecule has 1 aliphatic heterocycles. The summed E-state index contributed by atoms with van der Waals surface area (Å²) in [6, 6.07) is 11.2. The standard InChI is InChI=1S/C20H23N5O3S/c21-11-4-12-23-29(27,28)18-8-5-16(6-9-18)20(26)24-17-7-10-19(22-15-17)25-13-2-1-3-14-25/h5-10,15,23H,1-4,12-14H2,(H,24,26). The maximum Gasteiger partial charge on any atom is 0.255 e. The maximum atomic E-state index is 12.4. The van der Waals surface area contributed by atoms with Crippen molar-refractivity contribution < 1.29 is 13.2 Å². The van der Waals surface area contributed by atoms with E-state index in [9.17, 15) is 13.2 Å². The molecule has 152 valence electrons. The molecule has 1 fully saturated rings. The number of nitrogens with one attached hydrogen (secondary N) is 2. The number of benzene rings is 1. The third kappa shape index (κ3) is 5.53. The van der Waals surface area contributed by atoms with Crippen molar-refractivity contribution in [3.63, 3.8) is 0 Å². The molecule has 8 nitrogen and oxygen atoms in total. The highest BCUT2D eigenvalue weighted by molar-refractivity contribution is 7.89. The van der Waals surface area contributed by atoms with Gasteiger partial charge in [-0.3, -0.25) is 4.79 Å². The quantitative estimate of drug-likeness (QED) is 0.674. The number of nitrogens with zero attached hydrogens (tertiary/aromatic N) is 3. The molecule has 0 aliphatic carbocycles. The van der Waals surface area contributed by atoms with Crippen molar-refractivity contribution in [3.8, 4) is 6.07 Å². The Labute approximate surface area is 170 Å². The lowest BCUT2D eigenvalue weighted by Crippen LogP contribution is -2.30. The van der Waals surface area contributed by atoms with Crippen molar-refractivity contribution in [2.24, 2.45) is 0 Å². The summed E-state index contributed by atoms with van der Waals surface area (Å²) in [5.74, 6) is 0.556. The third-order valence-electron chi connectivity index (χ3n) is 4.64. The average molecular weight is 414 g/mol.